The molecular weight excluding hydrogens is 272 g/mol. The van der Waals surface area contributed by atoms with Crippen molar-refractivity contribution in [3.8, 4) is 12.1 Å². The predicted octanol–water partition coefficient (Wildman–Crippen LogP) is 3.53. The quantitative estimate of drug-likeness (QED) is 0.801. The van der Waals surface area contributed by atoms with E-state index in [1.165, 1.54) is 0 Å². The van der Waals surface area contributed by atoms with Crippen LogP contribution in [0.3, 0.4) is 0 Å². The standard InChI is InChI=1S/C18H14N4/c1-22-17-9-5-3-7-14(17)15(11-20)18(22)12-21-16-8-4-2-6-13(16)10-19/h2-9,21H,12H2,1H3. The van der Waals surface area contributed by atoms with E-state index in [2.05, 4.69) is 17.5 Å². The molecule has 1 N–H and O–H groups in total. The van der Waals surface area contributed by atoms with Crippen LogP contribution in [0.5, 0.6) is 0 Å². The number of nitriles is 2. The molecule has 0 unspecified atom stereocenters. The zero-order chi connectivity index (χ0) is 15.5. The number of aryl methyl sites for hydroxylation is 1. The summed E-state index contributed by atoms with van der Waals surface area (Å²) in [6.07, 6.45) is 0. The molecule has 0 fully saturated rings. The van der Waals surface area contributed by atoms with E-state index in [4.69, 9.17) is 5.26 Å². The second-order valence-electron chi connectivity index (χ2n) is 5.02. The molecule has 0 saturated carbocycles. The minimum absolute atomic E-state index is 0.493. The van der Waals surface area contributed by atoms with Gasteiger partial charge in [0.15, 0.2) is 0 Å². The molecule has 106 valence electrons. The Labute approximate surface area is 128 Å². The van der Waals surface area contributed by atoms with Gasteiger partial charge in [-0.25, -0.2) is 0 Å². The number of anilines is 1. The minimum Gasteiger partial charge on any atom is -0.378 e. The fraction of sp³-hybridized carbons (Fsp3) is 0.111. The van der Waals surface area contributed by atoms with Gasteiger partial charge in [0.05, 0.1) is 29.1 Å². The molecule has 0 aliphatic rings. The van der Waals surface area contributed by atoms with Crippen LogP contribution in [0.4, 0.5) is 5.69 Å². The Hall–Kier alpha value is -3.24. The smallest absolute Gasteiger partial charge is 0.102 e. The summed E-state index contributed by atoms with van der Waals surface area (Å²) < 4.78 is 2.02. The SMILES string of the molecule is Cn1c(CNc2ccccc2C#N)c(C#N)c2ccccc21. The molecule has 0 saturated heterocycles. The summed E-state index contributed by atoms with van der Waals surface area (Å²) in [6, 6.07) is 19.7. The monoisotopic (exact) mass is 286 g/mol. The van der Waals surface area contributed by atoms with Gasteiger partial charge in [0.1, 0.15) is 12.1 Å². The highest BCUT2D eigenvalue weighted by molar-refractivity contribution is 5.88. The molecule has 3 aromatic rings. The fourth-order valence-electron chi connectivity index (χ4n) is 2.69. The van der Waals surface area contributed by atoms with E-state index in [1.807, 2.05) is 54.1 Å². The second kappa shape index (κ2) is 5.63. The number of fused-ring (bicyclic) bond motifs is 1. The maximum absolute atomic E-state index is 9.48. The second-order valence-corrected chi connectivity index (χ2v) is 5.02. The summed E-state index contributed by atoms with van der Waals surface area (Å²) in [4.78, 5) is 0. The number of para-hydroxylation sites is 2. The Kier molecular flexibility index (Phi) is 3.52. The number of rotatable bonds is 3. The van der Waals surface area contributed by atoms with Crippen LogP contribution >= 0.6 is 0 Å². The third kappa shape index (κ3) is 2.17. The van der Waals surface area contributed by atoms with E-state index in [0.29, 0.717) is 17.7 Å². The molecule has 2 aromatic carbocycles. The molecule has 4 nitrogen and oxygen atoms in total. The van der Waals surface area contributed by atoms with E-state index in [0.717, 1.165) is 22.3 Å². The summed E-state index contributed by atoms with van der Waals surface area (Å²) in [5.74, 6) is 0. The number of hydrogen-bond acceptors (Lipinski definition) is 3. The highest BCUT2D eigenvalue weighted by Gasteiger charge is 2.14. The summed E-state index contributed by atoms with van der Waals surface area (Å²) in [5, 5.41) is 22.8. The number of nitrogens with zero attached hydrogens (tertiary/aromatic N) is 3. The van der Waals surface area contributed by atoms with Crippen LogP contribution in [-0.4, -0.2) is 4.57 Å². The molecule has 0 atom stereocenters. The molecule has 22 heavy (non-hydrogen) atoms. The van der Waals surface area contributed by atoms with Crippen molar-refractivity contribution in [2.45, 2.75) is 6.54 Å². The van der Waals surface area contributed by atoms with E-state index >= 15 is 0 Å². The lowest BCUT2D eigenvalue weighted by atomic mass is 10.1. The third-order valence-electron chi connectivity index (χ3n) is 3.83. The van der Waals surface area contributed by atoms with Gasteiger partial charge in [-0.3, -0.25) is 0 Å². The van der Waals surface area contributed by atoms with Gasteiger partial charge in [-0.2, -0.15) is 10.5 Å². The van der Waals surface area contributed by atoms with Crippen LogP contribution in [-0.2, 0) is 13.6 Å². The first-order chi connectivity index (χ1) is 10.8. The average molecular weight is 286 g/mol. The van der Waals surface area contributed by atoms with E-state index in [1.54, 1.807) is 6.07 Å². The Bertz CT molecular complexity index is 922. The highest BCUT2D eigenvalue weighted by Crippen LogP contribution is 2.25. The molecule has 0 radical (unpaired) electrons. The first-order valence-electron chi connectivity index (χ1n) is 6.95. The van der Waals surface area contributed by atoms with Crippen LogP contribution in [0.1, 0.15) is 16.8 Å². The van der Waals surface area contributed by atoms with Crippen molar-refractivity contribution in [1.82, 2.24) is 4.57 Å². The molecular formula is C18H14N4. The Morgan fingerprint density at radius 3 is 2.50 bits per heavy atom. The van der Waals surface area contributed by atoms with Crippen LogP contribution in [0.15, 0.2) is 48.5 Å². The summed E-state index contributed by atoms with van der Waals surface area (Å²) >= 11 is 0. The van der Waals surface area contributed by atoms with Crippen molar-refractivity contribution in [2.75, 3.05) is 5.32 Å². The highest BCUT2D eigenvalue weighted by atomic mass is 15.0. The van der Waals surface area contributed by atoms with Gasteiger partial charge in [-0.15, -0.1) is 0 Å². The topological polar surface area (TPSA) is 64.5 Å². The van der Waals surface area contributed by atoms with Crippen LogP contribution in [0, 0.1) is 22.7 Å². The molecule has 0 bridgehead atoms. The molecule has 1 heterocycles. The summed E-state index contributed by atoms with van der Waals surface area (Å²) in [5.41, 5.74) is 4.00. The van der Waals surface area contributed by atoms with Crippen molar-refractivity contribution in [1.29, 1.82) is 10.5 Å². The first kappa shape index (κ1) is 13.7. The number of aromatic nitrogens is 1. The number of hydrogen-bond donors (Lipinski definition) is 1. The normalized spacial score (nSPS) is 10.1. The van der Waals surface area contributed by atoms with Crippen molar-refractivity contribution in [3.05, 3.63) is 65.4 Å². The predicted molar refractivity (Wildman–Crippen MR) is 86.1 cm³/mol. The lowest BCUT2D eigenvalue weighted by Gasteiger charge is -2.09. The minimum atomic E-state index is 0.493. The molecule has 4 heteroatoms. The van der Waals surface area contributed by atoms with Gasteiger partial charge in [-0.1, -0.05) is 30.3 Å². The van der Waals surface area contributed by atoms with Gasteiger partial charge < -0.3 is 9.88 Å². The summed E-state index contributed by atoms with van der Waals surface area (Å²) in [7, 11) is 1.95. The van der Waals surface area contributed by atoms with Crippen molar-refractivity contribution in [2.24, 2.45) is 7.05 Å². The Morgan fingerprint density at radius 2 is 1.73 bits per heavy atom. The molecule has 0 aliphatic carbocycles. The largest absolute Gasteiger partial charge is 0.378 e. The van der Waals surface area contributed by atoms with Crippen molar-refractivity contribution < 1.29 is 0 Å². The van der Waals surface area contributed by atoms with Crippen LogP contribution in [0.25, 0.3) is 10.9 Å². The van der Waals surface area contributed by atoms with Crippen molar-refractivity contribution >= 4 is 16.6 Å². The van der Waals surface area contributed by atoms with E-state index in [-0.39, 0.29) is 0 Å². The molecule has 0 amide bonds. The maximum Gasteiger partial charge on any atom is 0.102 e. The molecule has 0 aliphatic heterocycles. The Morgan fingerprint density at radius 1 is 1.00 bits per heavy atom. The molecule has 0 spiro atoms. The van der Waals surface area contributed by atoms with Gasteiger partial charge >= 0.3 is 0 Å². The molecule has 1 aromatic heterocycles. The maximum atomic E-state index is 9.48. The summed E-state index contributed by atoms with van der Waals surface area (Å²) in [6.45, 7) is 0.493. The molecule has 3 rings (SSSR count). The lowest BCUT2D eigenvalue weighted by molar-refractivity contribution is 0.867. The zero-order valence-corrected chi connectivity index (χ0v) is 12.2. The van der Waals surface area contributed by atoms with Crippen LogP contribution < -0.4 is 5.32 Å². The van der Waals surface area contributed by atoms with Gasteiger partial charge in [0, 0.05) is 18.0 Å². The zero-order valence-electron chi connectivity index (χ0n) is 12.2. The average Bonchev–Trinajstić information content (AvgIpc) is 2.85. The van der Waals surface area contributed by atoms with E-state index < -0.39 is 0 Å². The van der Waals surface area contributed by atoms with Gasteiger partial charge in [0.25, 0.3) is 0 Å². The van der Waals surface area contributed by atoms with Crippen molar-refractivity contribution in [3.63, 3.8) is 0 Å². The van der Waals surface area contributed by atoms with Gasteiger partial charge in [0.2, 0.25) is 0 Å². The number of nitrogens with one attached hydrogen (secondary N) is 1. The van der Waals surface area contributed by atoms with Crippen LogP contribution in [0.2, 0.25) is 0 Å². The van der Waals surface area contributed by atoms with E-state index in [9.17, 15) is 5.26 Å². The third-order valence-corrected chi connectivity index (χ3v) is 3.83. The fourth-order valence-corrected chi connectivity index (χ4v) is 2.69. The Balaban J connectivity index is 2.00. The van der Waals surface area contributed by atoms with Gasteiger partial charge in [-0.05, 0) is 18.2 Å². The lowest BCUT2D eigenvalue weighted by Crippen LogP contribution is -2.07. The first-order valence-corrected chi connectivity index (χ1v) is 6.95. The number of benzene rings is 2.